The fraction of sp³-hybridized carbons (Fsp3) is 0.241. The van der Waals surface area contributed by atoms with Gasteiger partial charge in [-0.2, -0.15) is 4.98 Å². The summed E-state index contributed by atoms with van der Waals surface area (Å²) < 4.78 is 5.48. The van der Waals surface area contributed by atoms with Gasteiger partial charge in [0, 0.05) is 35.2 Å². The van der Waals surface area contributed by atoms with Crippen LogP contribution in [0.4, 0.5) is 5.69 Å². The Balaban J connectivity index is 1.43. The highest BCUT2D eigenvalue weighted by atomic mass is 16.5. The average Bonchev–Trinajstić information content (AvgIpc) is 3.38. The van der Waals surface area contributed by atoms with Gasteiger partial charge < -0.3 is 14.9 Å². The summed E-state index contributed by atoms with van der Waals surface area (Å²) in [6.07, 6.45) is 0.574. The molecule has 0 amide bonds. The van der Waals surface area contributed by atoms with Crippen LogP contribution in [0.5, 0.6) is 0 Å². The van der Waals surface area contributed by atoms with E-state index < -0.39 is 5.97 Å². The Labute approximate surface area is 210 Å². The lowest BCUT2D eigenvalue weighted by Gasteiger charge is -2.24. The van der Waals surface area contributed by atoms with E-state index in [1.165, 1.54) is 0 Å². The second-order valence-corrected chi connectivity index (χ2v) is 9.03. The van der Waals surface area contributed by atoms with E-state index in [0.717, 1.165) is 22.4 Å². The predicted octanol–water partition coefficient (Wildman–Crippen LogP) is 6.65. The molecule has 0 saturated carbocycles. The number of aromatic nitrogens is 2. The van der Waals surface area contributed by atoms with Crippen LogP contribution in [0.2, 0.25) is 0 Å². The number of rotatable bonds is 11. The molecule has 0 bridgehead atoms. The number of nitrogens with one attached hydrogen (secondary N) is 1. The van der Waals surface area contributed by atoms with Gasteiger partial charge in [0.2, 0.25) is 5.82 Å². The van der Waals surface area contributed by atoms with Crippen LogP contribution in [0.15, 0.2) is 83.4 Å². The van der Waals surface area contributed by atoms with Crippen LogP contribution in [0.3, 0.4) is 0 Å². The van der Waals surface area contributed by atoms with E-state index in [1.807, 2.05) is 54.6 Å². The molecule has 0 aliphatic rings. The topological polar surface area (TPSA) is 105 Å². The van der Waals surface area contributed by atoms with Crippen molar-refractivity contribution in [2.45, 2.75) is 39.2 Å². The molecule has 4 rings (SSSR count). The minimum absolute atomic E-state index is 0.000915. The molecule has 0 fully saturated rings. The number of nitrogens with zero attached hydrogens (tertiary/aromatic N) is 2. The molecular weight excluding hydrogens is 454 g/mol. The van der Waals surface area contributed by atoms with Crippen LogP contribution < -0.4 is 5.32 Å². The summed E-state index contributed by atoms with van der Waals surface area (Å²) in [6, 6.07) is 25.2. The van der Waals surface area contributed by atoms with Crippen LogP contribution in [-0.2, 0) is 4.79 Å². The van der Waals surface area contributed by atoms with E-state index in [1.54, 1.807) is 12.1 Å². The molecule has 7 nitrogen and oxygen atoms in total. The first-order valence-corrected chi connectivity index (χ1v) is 12.0. The molecular formula is C29H29N3O4. The summed E-state index contributed by atoms with van der Waals surface area (Å²) in [5.74, 6) is 0.402. The Kier molecular flexibility index (Phi) is 7.90. The smallest absolute Gasteiger partial charge is 0.303 e. The summed E-state index contributed by atoms with van der Waals surface area (Å²) in [5.41, 5.74) is 4.36. The second-order valence-electron chi connectivity index (χ2n) is 9.03. The van der Waals surface area contributed by atoms with Crippen LogP contribution >= 0.6 is 0 Å². The molecule has 2 N–H and O–H groups in total. The number of carbonyl (C=O) groups is 2. The van der Waals surface area contributed by atoms with Crippen molar-refractivity contribution in [2.75, 3.05) is 5.32 Å². The van der Waals surface area contributed by atoms with Crippen molar-refractivity contribution in [3.05, 3.63) is 90.0 Å². The summed E-state index contributed by atoms with van der Waals surface area (Å²) in [6.45, 7) is 4.30. The van der Waals surface area contributed by atoms with Gasteiger partial charge in [0.25, 0.3) is 5.89 Å². The number of Topliss-reactive ketones (excluding diaryl/α,β-unsaturated/α-hetero) is 1. The summed E-state index contributed by atoms with van der Waals surface area (Å²) in [5, 5.41) is 16.4. The molecule has 1 aromatic heterocycles. The largest absolute Gasteiger partial charge is 0.481 e. The van der Waals surface area contributed by atoms with Crippen molar-refractivity contribution in [1.29, 1.82) is 0 Å². The van der Waals surface area contributed by atoms with Gasteiger partial charge in [0.15, 0.2) is 5.78 Å². The Morgan fingerprint density at radius 3 is 2.22 bits per heavy atom. The third-order valence-electron chi connectivity index (χ3n) is 5.96. The number of benzene rings is 3. The summed E-state index contributed by atoms with van der Waals surface area (Å²) in [7, 11) is 0. The average molecular weight is 484 g/mol. The highest BCUT2D eigenvalue weighted by Crippen LogP contribution is 2.29. The van der Waals surface area contributed by atoms with Crippen molar-refractivity contribution >= 4 is 17.4 Å². The minimum Gasteiger partial charge on any atom is -0.481 e. The molecule has 0 saturated heterocycles. The van der Waals surface area contributed by atoms with Crippen LogP contribution in [0.1, 0.15) is 55.1 Å². The zero-order chi connectivity index (χ0) is 25.5. The lowest BCUT2D eigenvalue weighted by molar-refractivity contribution is -0.137. The van der Waals surface area contributed by atoms with Crippen molar-refractivity contribution < 1.29 is 19.2 Å². The molecule has 0 unspecified atom stereocenters. The molecule has 1 atom stereocenters. The quantitative estimate of drug-likeness (QED) is 0.230. The Hall–Kier alpha value is -4.26. The third-order valence-corrected chi connectivity index (χ3v) is 5.96. The number of carboxylic acid groups (broad SMARTS) is 1. The molecule has 0 aliphatic heterocycles. The van der Waals surface area contributed by atoms with Gasteiger partial charge >= 0.3 is 5.97 Å². The van der Waals surface area contributed by atoms with E-state index in [4.69, 9.17) is 9.63 Å². The Morgan fingerprint density at radius 2 is 1.58 bits per heavy atom. The normalized spacial score (nSPS) is 11.9. The fourth-order valence-electron chi connectivity index (χ4n) is 3.99. The lowest BCUT2D eigenvalue weighted by atomic mass is 9.94. The Morgan fingerprint density at radius 1 is 0.889 bits per heavy atom. The number of aliphatic carboxylic acids is 1. The van der Waals surface area contributed by atoms with Crippen molar-refractivity contribution in [1.82, 2.24) is 10.1 Å². The fourth-order valence-corrected chi connectivity index (χ4v) is 3.99. The summed E-state index contributed by atoms with van der Waals surface area (Å²) >= 11 is 0. The van der Waals surface area contributed by atoms with Gasteiger partial charge in [-0.15, -0.1) is 0 Å². The maximum Gasteiger partial charge on any atom is 0.303 e. The van der Waals surface area contributed by atoms with E-state index in [9.17, 15) is 9.59 Å². The molecule has 36 heavy (non-hydrogen) atoms. The van der Waals surface area contributed by atoms with Crippen molar-refractivity contribution in [3.8, 4) is 22.8 Å². The molecule has 1 heterocycles. The highest BCUT2D eigenvalue weighted by Gasteiger charge is 2.17. The van der Waals surface area contributed by atoms with Crippen LogP contribution in [0.25, 0.3) is 22.8 Å². The molecule has 0 spiro atoms. The Bertz CT molecular complexity index is 1300. The predicted molar refractivity (Wildman–Crippen MR) is 139 cm³/mol. The van der Waals surface area contributed by atoms with Gasteiger partial charge in [-0.05, 0) is 54.3 Å². The molecule has 4 aromatic rings. The van der Waals surface area contributed by atoms with Crippen molar-refractivity contribution in [3.63, 3.8) is 0 Å². The van der Waals surface area contributed by atoms with E-state index in [0.29, 0.717) is 29.6 Å². The maximum atomic E-state index is 12.3. The molecule has 184 valence electrons. The lowest BCUT2D eigenvalue weighted by Crippen LogP contribution is -2.16. The number of carboxylic acids is 1. The molecule has 0 aliphatic carbocycles. The van der Waals surface area contributed by atoms with Gasteiger partial charge in [-0.1, -0.05) is 61.5 Å². The standard InChI is InChI=1S/C29H29N3O4/c1-19(2)27(30-24-17-15-20(16-18-24)25(33)9-6-10-26(34)35)21-11-13-23(14-12-21)29-31-28(32-36-29)22-7-4-3-5-8-22/h3-5,7-8,11-19,27,30H,6,9-10H2,1-2H3,(H,34,35)/t27-/m0/s1. The zero-order valence-electron chi connectivity index (χ0n) is 20.3. The summed E-state index contributed by atoms with van der Waals surface area (Å²) in [4.78, 5) is 27.5. The van der Waals surface area contributed by atoms with Gasteiger partial charge in [-0.25, -0.2) is 0 Å². The highest BCUT2D eigenvalue weighted by molar-refractivity contribution is 5.96. The van der Waals surface area contributed by atoms with Crippen molar-refractivity contribution in [2.24, 2.45) is 5.92 Å². The maximum absolute atomic E-state index is 12.3. The molecule has 0 radical (unpaired) electrons. The molecule has 7 heteroatoms. The number of ketones is 1. The van der Waals surface area contributed by atoms with Gasteiger partial charge in [0.1, 0.15) is 0 Å². The van der Waals surface area contributed by atoms with Crippen LogP contribution in [-0.4, -0.2) is 27.0 Å². The second kappa shape index (κ2) is 11.4. The first-order valence-electron chi connectivity index (χ1n) is 12.0. The SMILES string of the molecule is CC(C)[C@H](Nc1ccc(C(=O)CCCC(=O)O)cc1)c1ccc(-c2nc(-c3ccccc3)no2)cc1. The number of hydrogen-bond acceptors (Lipinski definition) is 6. The minimum atomic E-state index is -0.885. The third kappa shape index (κ3) is 6.24. The van der Waals surface area contributed by atoms with E-state index in [-0.39, 0.29) is 24.7 Å². The van der Waals surface area contributed by atoms with E-state index in [2.05, 4.69) is 41.4 Å². The number of carbonyl (C=O) groups excluding carboxylic acids is 1. The van der Waals surface area contributed by atoms with Gasteiger partial charge in [-0.3, -0.25) is 9.59 Å². The first kappa shape index (κ1) is 24.9. The monoisotopic (exact) mass is 483 g/mol. The number of anilines is 1. The molecule has 3 aromatic carbocycles. The first-order chi connectivity index (χ1) is 17.4. The number of hydrogen-bond donors (Lipinski definition) is 2. The van der Waals surface area contributed by atoms with Gasteiger partial charge in [0.05, 0.1) is 6.04 Å². The zero-order valence-corrected chi connectivity index (χ0v) is 20.3. The van der Waals surface area contributed by atoms with E-state index >= 15 is 0 Å². The van der Waals surface area contributed by atoms with Crippen LogP contribution in [0, 0.1) is 5.92 Å².